The molecule has 0 saturated carbocycles. The Bertz CT molecular complexity index is 666. The minimum absolute atomic E-state index is 0.0286. The summed E-state index contributed by atoms with van der Waals surface area (Å²) >= 11 is 3.11. The molecule has 24 heavy (non-hydrogen) atoms. The number of hydrogen-bond donors (Lipinski definition) is 2. The van der Waals surface area contributed by atoms with Crippen LogP contribution in [0.25, 0.3) is 0 Å². The first-order valence-corrected chi connectivity index (χ1v) is 9.41. The fourth-order valence-electron chi connectivity index (χ4n) is 2.71. The molecule has 0 aromatic carbocycles. The van der Waals surface area contributed by atoms with Crippen molar-refractivity contribution in [2.45, 2.75) is 12.5 Å². The number of anilines is 1. The second kappa shape index (κ2) is 7.63. The third-order valence-corrected chi connectivity index (χ3v) is 5.72. The van der Waals surface area contributed by atoms with Crippen molar-refractivity contribution in [3.63, 3.8) is 0 Å². The molecule has 1 aliphatic rings. The molecule has 3 heterocycles. The van der Waals surface area contributed by atoms with Gasteiger partial charge in [0.25, 0.3) is 0 Å². The third-order valence-electron chi connectivity index (χ3n) is 3.90. The molecule has 0 aliphatic carbocycles. The van der Waals surface area contributed by atoms with Gasteiger partial charge in [-0.15, -0.1) is 22.7 Å². The molecular formula is C15H19N5O2S2. The Balaban J connectivity index is 1.57. The van der Waals surface area contributed by atoms with Gasteiger partial charge >= 0.3 is 6.03 Å². The van der Waals surface area contributed by atoms with Crippen LogP contribution in [0, 0.1) is 0 Å². The van der Waals surface area contributed by atoms with Crippen molar-refractivity contribution in [3.05, 3.63) is 34.0 Å². The van der Waals surface area contributed by atoms with E-state index in [2.05, 4.69) is 15.2 Å². The van der Waals surface area contributed by atoms with E-state index in [1.165, 1.54) is 11.3 Å². The molecule has 3 rings (SSSR count). The summed E-state index contributed by atoms with van der Waals surface area (Å²) in [7, 11) is 0. The normalized spacial score (nSPS) is 16.0. The van der Waals surface area contributed by atoms with Crippen LogP contribution in [0.3, 0.4) is 0 Å². The van der Waals surface area contributed by atoms with Gasteiger partial charge in [-0.25, -0.2) is 9.78 Å². The predicted octanol–water partition coefficient (Wildman–Crippen LogP) is 1.65. The van der Waals surface area contributed by atoms with Crippen molar-refractivity contribution in [2.24, 2.45) is 5.73 Å². The zero-order valence-corrected chi connectivity index (χ0v) is 14.7. The molecule has 0 spiro atoms. The zero-order valence-electron chi connectivity index (χ0n) is 13.1. The summed E-state index contributed by atoms with van der Waals surface area (Å²) in [5, 5.41) is 7.53. The predicted molar refractivity (Wildman–Crippen MR) is 95.3 cm³/mol. The number of carbonyl (C=O) groups excluding carboxylic acids is 2. The van der Waals surface area contributed by atoms with Crippen LogP contribution in [-0.4, -0.2) is 48.0 Å². The van der Waals surface area contributed by atoms with E-state index in [1.54, 1.807) is 17.5 Å². The van der Waals surface area contributed by atoms with Gasteiger partial charge in [0.2, 0.25) is 5.91 Å². The smallest absolute Gasteiger partial charge is 0.312 e. The van der Waals surface area contributed by atoms with E-state index in [-0.39, 0.29) is 18.4 Å². The minimum Gasteiger partial charge on any atom is -0.352 e. The van der Waals surface area contributed by atoms with Gasteiger partial charge in [0.15, 0.2) is 5.13 Å². The number of amides is 3. The maximum Gasteiger partial charge on any atom is 0.312 e. The van der Waals surface area contributed by atoms with Crippen molar-refractivity contribution < 1.29 is 9.59 Å². The van der Waals surface area contributed by atoms with E-state index < -0.39 is 6.03 Å². The molecule has 2 aromatic rings. The molecule has 3 N–H and O–H groups in total. The lowest BCUT2D eigenvalue weighted by molar-refractivity contribution is -0.132. The van der Waals surface area contributed by atoms with Gasteiger partial charge < -0.3 is 20.9 Å². The van der Waals surface area contributed by atoms with Gasteiger partial charge in [0.05, 0.1) is 12.5 Å². The first-order chi connectivity index (χ1) is 11.6. The maximum atomic E-state index is 12.6. The molecule has 7 nitrogen and oxygen atoms in total. The van der Waals surface area contributed by atoms with E-state index in [1.807, 2.05) is 27.8 Å². The van der Waals surface area contributed by atoms with Gasteiger partial charge in [0, 0.05) is 42.6 Å². The summed E-state index contributed by atoms with van der Waals surface area (Å²) in [6.07, 6.45) is 2.01. The number of nitrogens with zero attached hydrogens (tertiary/aromatic N) is 3. The van der Waals surface area contributed by atoms with Gasteiger partial charge in [0.1, 0.15) is 0 Å². The van der Waals surface area contributed by atoms with E-state index in [4.69, 9.17) is 5.73 Å². The Morgan fingerprint density at radius 1 is 1.25 bits per heavy atom. The van der Waals surface area contributed by atoms with Crippen molar-refractivity contribution in [1.29, 1.82) is 0 Å². The maximum absolute atomic E-state index is 12.6. The van der Waals surface area contributed by atoms with E-state index in [9.17, 15) is 9.59 Å². The summed E-state index contributed by atoms with van der Waals surface area (Å²) < 4.78 is 0. The van der Waals surface area contributed by atoms with Crippen molar-refractivity contribution >= 4 is 39.7 Å². The first-order valence-electron chi connectivity index (χ1n) is 7.65. The lowest BCUT2D eigenvalue weighted by atomic mass is 10.1. The fourth-order valence-corrected chi connectivity index (χ4v) is 4.18. The molecule has 1 atom stereocenters. The zero-order chi connectivity index (χ0) is 16.9. The number of urea groups is 1. The van der Waals surface area contributed by atoms with Crippen LogP contribution in [0.5, 0.6) is 0 Å². The number of thiazole rings is 1. The van der Waals surface area contributed by atoms with Crippen molar-refractivity contribution in [1.82, 2.24) is 15.2 Å². The molecule has 3 amide bonds. The van der Waals surface area contributed by atoms with Crippen LogP contribution in [0.2, 0.25) is 0 Å². The van der Waals surface area contributed by atoms with E-state index in [0.29, 0.717) is 13.1 Å². The van der Waals surface area contributed by atoms with Crippen LogP contribution >= 0.6 is 22.7 Å². The van der Waals surface area contributed by atoms with Crippen LogP contribution in [0.15, 0.2) is 29.1 Å². The van der Waals surface area contributed by atoms with Crippen LogP contribution < -0.4 is 16.0 Å². The number of aromatic nitrogens is 1. The SMILES string of the molecule is NC(=O)N[C@@H](CC(=O)N1CCN(c2nccs2)CC1)c1cccs1. The van der Waals surface area contributed by atoms with E-state index in [0.717, 1.165) is 23.1 Å². The average molecular weight is 365 g/mol. The lowest BCUT2D eigenvalue weighted by Gasteiger charge is -2.35. The summed E-state index contributed by atoms with van der Waals surface area (Å²) in [5.41, 5.74) is 5.24. The highest BCUT2D eigenvalue weighted by molar-refractivity contribution is 7.13. The van der Waals surface area contributed by atoms with Gasteiger partial charge in [-0.1, -0.05) is 6.07 Å². The Hall–Kier alpha value is -2.13. The monoisotopic (exact) mass is 365 g/mol. The van der Waals surface area contributed by atoms with Crippen LogP contribution in [0.4, 0.5) is 9.93 Å². The van der Waals surface area contributed by atoms with Crippen molar-refractivity contribution in [3.8, 4) is 0 Å². The second-order valence-corrected chi connectivity index (χ2v) is 7.32. The van der Waals surface area contributed by atoms with Crippen molar-refractivity contribution in [2.75, 3.05) is 31.1 Å². The molecule has 9 heteroatoms. The average Bonchev–Trinajstić information content (AvgIpc) is 3.27. The molecule has 0 bridgehead atoms. The van der Waals surface area contributed by atoms with Gasteiger partial charge in [-0.3, -0.25) is 4.79 Å². The van der Waals surface area contributed by atoms with E-state index >= 15 is 0 Å². The Kier molecular flexibility index (Phi) is 5.31. The topological polar surface area (TPSA) is 91.6 Å². The molecule has 1 fully saturated rings. The second-order valence-electron chi connectivity index (χ2n) is 5.46. The number of rotatable bonds is 5. The molecule has 1 saturated heterocycles. The largest absolute Gasteiger partial charge is 0.352 e. The van der Waals surface area contributed by atoms with Crippen LogP contribution in [0.1, 0.15) is 17.3 Å². The van der Waals surface area contributed by atoms with Gasteiger partial charge in [-0.2, -0.15) is 0 Å². The number of nitrogens with two attached hydrogens (primary N) is 1. The standard InChI is InChI=1S/C15H19N5O2S2/c16-14(22)18-11(12-2-1-8-23-12)10-13(21)19-4-6-20(7-5-19)15-17-3-9-24-15/h1-3,8-9,11H,4-7,10H2,(H3,16,18,22)/t11-/m0/s1. The minimum atomic E-state index is -0.616. The number of hydrogen-bond acceptors (Lipinski definition) is 6. The number of carbonyl (C=O) groups is 2. The molecule has 128 valence electrons. The molecule has 2 aromatic heterocycles. The van der Waals surface area contributed by atoms with Gasteiger partial charge in [-0.05, 0) is 11.4 Å². The number of primary amides is 1. The quantitative estimate of drug-likeness (QED) is 0.843. The highest BCUT2D eigenvalue weighted by atomic mass is 32.1. The molecule has 0 radical (unpaired) electrons. The summed E-state index contributed by atoms with van der Waals surface area (Å²) in [4.78, 5) is 33.1. The summed E-state index contributed by atoms with van der Waals surface area (Å²) in [6.45, 7) is 2.86. The molecular weight excluding hydrogens is 346 g/mol. The Labute approximate surface area is 148 Å². The third kappa shape index (κ3) is 4.04. The summed E-state index contributed by atoms with van der Waals surface area (Å²) in [6, 6.07) is 2.81. The highest BCUT2D eigenvalue weighted by Gasteiger charge is 2.26. The number of piperazine rings is 1. The first kappa shape index (κ1) is 16.7. The number of nitrogens with one attached hydrogen (secondary N) is 1. The Morgan fingerprint density at radius 2 is 2.04 bits per heavy atom. The summed E-state index contributed by atoms with van der Waals surface area (Å²) in [5.74, 6) is 0.0286. The van der Waals surface area contributed by atoms with Crippen LogP contribution in [-0.2, 0) is 4.79 Å². The lowest BCUT2D eigenvalue weighted by Crippen LogP contribution is -2.49. The fraction of sp³-hybridized carbons (Fsp3) is 0.400. The Morgan fingerprint density at radius 3 is 2.62 bits per heavy atom. The number of thiophene rings is 1. The highest BCUT2D eigenvalue weighted by Crippen LogP contribution is 2.24. The molecule has 0 unspecified atom stereocenters. The molecule has 1 aliphatic heterocycles.